The summed E-state index contributed by atoms with van der Waals surface area (Å²) in [5.41, 5.74) is 0.389. The van der Waals surface area contributed by atoms with Crippen LogP contribution in [0.1, 0.15) is 18.9 Å². The molecule has 1 aromatic rings. The van der Waals surface area contributed by atoms with Crippen LogP contribution in [0.3, 0.4) is 0 Å². The van der Waals surface area contributed by atoms with Crippen molar-refractivity contribution >= 4 is 5.96 Å². The van der Waals surface area contributed by atoms with E-state index in [2.05, 4.69) is 15.6 Å². The van der Waals surface area contributed by atoms with E-state index in [1.54, 1.807) is 13.0 Å². The molecule has 0 unspecified atom stereocenters. The lowest BCUT2D eigenvalue weighted by molar-refractivity contribution is -0.153. The second kappa shape index (κ2) is 9.38. The normalized spacial score (nSPS) is 12.8. The lowest BCUT2D eigenvalue weighted by Crippen LogP contribution is -2.38. The van der Waals surface area contributed by atoms with Crippen molar-refractivity contribution in [3.05, 3.63) is 29.8 Å². The largest absolute Gasteiger partial charge is 0.484 e. The fourth-order valence-corrected chi connectivity index (χ4v) is 1.76. The third-order valence-corrected chi connectivity index (χ3v) is 2.82. The number of ether oxygens (including phenoxy) is 1. The van der Waals surface area contributed by atoms with E-state index < -0.39 is 25.4 Å². The lowest BCUT2D eigenvalue weighted by atomic mass is 10.2. The molecule has 2 N–H and O–H groups in total. The van der Waals surface area contributed by atoms with E-state index in [1.165, 1.54) is 18.2 Å². The van der Waals surface area contributed by atoms with E-state index in [9.17, 15) is 26.3 Å². The number of aliphatic imine (C=N–C) groups is 1. The van der Waals surface area contributed by atoms with Crippen molar-refractivity contribution in [2.45, 2.75) is 32.2 Å². The van der Waals surface area contributed by atoms with Crippen LogP contribution in [-0.4, -0.2) is 38.0 Å². The van der Waals surface area contributed by atoms with Crippen molar-refractivity contribution in [3.63, 3.8) is 0 Å². The highest BCUT2D eigenvalue weighted by molar-refractivity contribution is 5.79. The molecule has 0 aliphatic rings. The van der Waals surface area contributed by atoms with Crippen LogP contribution in [0.15, 0.2) is 29.3 Å². The molecule has 0 aliphatic carbocycles. The summed E-state index contributed by atoms with van der Waals surface area (Å²) in [7, 11) is 0. The monoisotopic (exact) mass is 371 g/mol. The van der Waals surface area contributed by atoms with Gasteiger partial charge in [-0.25, -0.2) is 4.99 Å². The van der Waals surface area contributed by atoms with Crippen LogP contribution >= 0.6 is 0 Å². The molecule has 0 fully saturated rings. The van der Waals surface area contributed by atoms with E-state index in [0.29, 0.717) is 12.1 Å². The smallest absolute Gasteiger partial charge is 0.422 e. The van der Waals surface area contributed by atoms with Crippen molar-refractivity contribution in [2.24, 2.45) is 4.99 Å². The molecule has 0 amide bonds. The molecular weight excluding hydrogens is 352 g/mol. The van der Waals surface area contributed by atoms with E-state index in [-0.39, 0.29) is 24.8 Å². The molecule has 0 radical (unpaired) electrons. The standard InChI is InChI=1S/C15H19F6N3O/c1-2-22-13(23-8-7-14(16,17)18)24-9-11-5-3-4-6-12(11)25-10-15(19,20)21/h3-6H,2,7-10H2,1H3,(H2,22,23,24). The van der Waals surface area contributed by atoms with E-state index in [4.69, 9.17) is 4.74 Å². The van der Waals surface area contributed by atoms with Gasteiger partial charge in [-0.05, 0) is 13.0 Å². The zero-order valence-electron chi connectivity index (χ0n) is 13.5. The maximum absolute atomic E-state index is 12.3. The summed E-state index contributed by atoms with van der Waals surface area (Å²) in [5, 5.41) is 5.29. The topological polar surface area (TPSA) is 45.7 Å². The van der Waals surface area contributed by atoms with Crippen LogP contribution in [0.2, 0.25) is 0 Å². The molecule has 1 rings (SSSR count). The molecule has 25 heavy (non-hydrogen) atoms. The zero-order chi connectivity index (χ0) is 18.9. The summed E-state index contributed by atoms with van der Waals surface area (Å²) in [5.74, 6) is 0.159. The van der Waals surface area contributed by atoms with E-state index in [1.807, 2.05) is 0 Å². The number of halogens is 6. The van der Waals surface area contributed by atoms with Crippen molar-refractivity contribution in [1.82, 2.24) is 10.6 Å². The van der Waals surface area contributed by atoms with E-state index in [0.717, 1.165) is 0 Å². The highest BCUT2D eigenvalue weighted by atomic mass is 19.4. The second-order valence-corrected chi connectivity index (χ2v) is 5.00. The fraction of sp³-hybridized carbons (Fsp3) is 0.533. The molecule has 0 atom stereocenters. The van der Waals surface area contributed by atoms with E-state index >= 15 is 0 Å². The minimum absolute atomic E-state index is 0.0229. The van der Waals surface area contributed by atoms with Gasteiger partial charge >= 0.3 is 12.4 Å². The summed E-state index contributed by atoms with van der Waals surface area (Å²) in [6.45, 7) is 0.319. The van der Waals surface area contributed by atoms with Crippen LogP contribution in [0.4, 0.5) is 26.3 Å². The summed E-state index contributed by atoms with van der Waals surface area (Å²) in [6.07, 6.45) is -9.78. The Labute approximate surface area is 141 Å². The summed E-state index contributed by atoms with van der Waals surface area (Å²) in [6, 6.07) is 6.04. The van der Waals surface area contributed by atoms with Gasteiger partial charge in [0.15, 0.2) is 12.6 Å². The first-order valence-corrected chi connectivity index (χ1v) is 7.47. The molecule has 0 aliphatic heterocycles. The quantitative estimate of drug-likeness (QED) is 0.437. The Morgan fingerprint density at radius 1 is 1.04 bits per heavy atom. The van der Waals surface area contributed by atoms with Crippen molar-refractivity contribution in [1.29, 1.82) is 0 Å². The summed E-state index contributed by atoms with van der Waals surface area (Å²) < 4.78 is 78.0. The number of hydrogen-bond donors (Lipinski definition) is 2. The van der Waals surface area contributed by atoms with Crippen LogP contribution in [0, 0.1) is 0 Å². The number of benzene rings is 1. The van der Waals surface area contributed by atoms with Gasteiger partial charge in [-0.2, -0.15) is 26.3 Å². The molecule has 0 aromatic heterocycles. The molecule has 0 heterocycles. The van der Waals surface area contributed by atoms with Gasteiger partial charge in [0.25, 0.3) is 0 Å². The van der Waals surface area contributed by atoms with Crippen molar-refractivity contribution < 1.29 is 31.1 Å². The molecule has 1 aromatic carbocycles. The number of hydrogen-bond acceptors (Lipinski definition) is 2. The predicted octanol–water partition coefficient (Wildman–Crippen LogP) is 3.64. The number of alkyl halides is 6. The Morgan fingerprint density at radius 2 is 1.72 bits per heavy atom. The SMILES string of the molecule is CCNC(=NCc1ccccc1OCC(F)(F)F)NCCC(F)(F)F. The summed E-state index contributed by atoms with van der Waals surface area (Å²) >= 11 is 0. The third-order valence-electron chi connectivity index (χ3n) is 2.82. The molecule has 142 valence electrons. The molecule has 0 bridgehead atoms. The van der Waals surface area contributed by atoms with Gasteiger partial charge in [0, 0.05) is 18.7 Å². The first kappa shape index (κ1) is 20.9. The van der Waals surface area contributed by atoms with Crippen LogP contribution in [-0.2, 0) is 6.54 Å². The number of nitrogens with zero attached hydrogens (tertiary/aromatic N) is 1. The zero-order valence-corrected chi connectivity index (χ0v) is 13.5. The third kappa shape index (κ3) is 9.68. The van der Waals surface area contributed by atoms with Gasteiger partial charge in [0.05, 0.1) is 13.0 Å². The fourth-order valence-electron chi connectivity index (χ4n) is 1.76. The van der Waals surface area contributed by atoms with Crippen LogP contribution < -0.4 is 15.4 Å². The Morgan fingerprint density at radius 3 is 2.32 bits per heavy atom. The van der Waals surface area contributed by atoms with Gasteiger partial charge in [0.2, 0.25) is 0 Å². The predicted molar refractivity (Wildman–Crippen MR) is 81.5 cm³/mol. The number of para-hydroxylation sites is 1. The Bertz CT molecular complexity index is 557. The van der Waals surface area contributed by atoms with Gasteiger partial charge in [-0.1, -0.05) is 18.2 Å². The minimum Gasteiger partial charge on any atom is -0.484 e. The van der Waals surface area contributed by atoms with Gasteiger partial charge in [0.1, 0.15) is 5.75 Å². The number of nitrogens with one attached hydrogen (secondary N) is 2. The molecular formula is C15H19F6N3O. The average molecular weight is 371 g/mol. The molecule has 0 saturated carbocycles. The molecule has 0 spiro atoms. The maximum atomic E-state index is 12.3. The highest BCUT2D eigenvalue weighted by Crippen LogP contribution is 2.22. The molecule has 10 heteroatoms. The first-order chi connectivity index (χ1) is 11.6. The first-order valence-electron chi connectivity index (χ1n) is 7.47. The van der Waals surface area contributed by atoms with Gasteiger partial charge in [-0.3, -0.25) is 0 Å². The van der Waals surface area contributed by atoms with Crippen molar-refractivity contribution in [3.8, 4) is 5.75 Å². The number of guanidine groups is 1. The molecule has 4 nitrogen and oxygen atoms in total. The molecule has 0 saturated heterocycles. The maximum Gasteiger partial charge on any atom is 0.422 e. The second-order valence-electron chi connectivity index (χ2n) is 5.00. The lowest BCUT2D eigenvalue weighted by Gasteiger charge is -2.14. The van der Waals surface area contributed by atoms with Gasteiger partial charge in [-0.15, -0.1) is 0 Å². The van der Waals surface area contributed by atoms with Gasteiger partial charge < -0.3 is 15.4 Å². The summed E-state index contributed by atoms with van der Waals surface area (Å²) in [4.78, 5) is 4.07. The van der Waals surface area contributed by atoms with Crippen molar-refractivity contribution in [2.75, 3.05) is 19.7 Å². The number of rotatable bonds is 7. The Kier molecular flexibility index (Phi) is 7.85. The average Bonchev–Trinajstić information content (AvgIpc) is 2.49. The minimum atomic E-state index is -4.47. The highest BCUT2D eigenvalue weighted by Gasteiger charge is 2.29. The van der Waals surface area contributed by atoms with Crippen LogP contribution in [0.5, 0.6) is 5.75 Å². The Balaban J connectivity index is 2.71. The Hall–Kier alpha value is -2.13. The van der Waals surface area contributed by atoms with Crippen LogP contribution in [0.25, 0.3) is 0 Å².